The van der Waals surface area contributed by atoms with Gasteiger partial charge in [0.2, 0.25) is 5.91 Å². The van der Waals surface area contributed by atoms with Gasteiger partial charge in [0, 0.05) is 18.2 Å². The minimum Gasteiger partial charge on any atom is -0.397 e. The number of nitrogen functional groups attached to an aromatic ring is 1. The van der Waals surface area contributed by atoms with E-state index in [2.05, 4.69) is 17.1 Å². The Morgan fingerprint density at radius 2 is 2.05 bits per heavy atom. The zero-order chi connectivity index (χ0) is 14.5. The van der Waals surface area contributed by atoms with E-state index < -0.39 is 5.91 Å². The Morgan fingerprint density at radius 3 is 2.65 bits per heavy atom. The van der Waals surface area contributed by atoms with E-state index in [0.29, 0.717) is 17.3 Å². The van der Waals surface area contributed by atoms with E-state index in [1.165, 1.54) is 32.4 Å². The minimum absolute atomic E-state index is 0.442. The lowest BCUT2D eigenvalue weighted by Gasteiger charge is -2.32. The summed E-state index contributed by atoms with van der Waals surface area (Å²) in [4.78, 5) is 13.6. The van der Waals surface area contributed by atoms with E-state index in [9.17, 15) is 4.79 Å². The zero-order valence-corrected chi connectivity index (χ0v) is 12.1. The lowest BCUT2D eigenvalue weighted by atomic mass is 10.1. The maximum absolute atomic E-state index is 11.1. The second-order valence-corrected chi connectivity index (χ2v) is 5.49. The van der Waals surface area contributed by atoms with Crippen molar-refractivity contribution in [2.24, 2.45) is 5.73 Å². The number of benzene rings is 1. The largest absolute Gasteiger partial charge is 0.397 e. The summed E-state index contributed by atoms with van der Waals surface area (Å²) in [5.41, 5.74) is 13.0. The fourth-order valence-corrected chi connectivity index (χ4v) is 2.62. The van der Waals surface area contributed by atoms with Crippen molar-refractivity contribution >= 4 is 17.3 Å². The minimum atomic E-state index is -0.454. The third kappa shape index (κ3) is 3.63. The number of hydrogen-bond donors (Lipinski definition) is 3. The number of likely N-dealkylation sites (tertiary alicyclic amines) is 1. The molecule has 0 radical (unpaired) electrons. The van der Waals surface area contributed by atoms with Crippen molar-refractivity contribution in [3.8, 4) is 0 Å². The molecule has 1 fully saturated rings. The Bertz CT molecular complexity index is 469. The van der Waals surface area contributed by atoms with Crippen LogP contribution in [0.25, 0.3) is 0 Å². The fourth-order valence-electron chi connectivity index (χ4n) is 2.62. The van der Waals surface area contributed by atoms with Crippen LogP contribution in [-0.2, 0) is 0 Å². The van der Waals surface area contributed by atoms with E-state index >= 15 is 0 Å². The number of nitrogens with one attached hydrogen (secondary N) is 1. The van der Waals surface area contributed by atoms with E-state index in [0.717, 1.165) is 12.2 Å². The molecule has 2 rings (SSSR count). The number of hydrogen-bond acceptors (Lipinski definition) is 4. The highest BCUT2D eigenvalue weighted by atomic mass is 16.1. The SMILES string of the molecule is CC(CNc1ccc(C(N)=O)cc1N)N1CCCCC1. The highest BCUT2D eigenvalue weighted by Crippen LogP contribution is 2.20. The van der Waals surface area contributed by atoms with Gasteiger partial charge in [-0.2, -0.15) is 0 Å². The first-order valence-corrected chi connectivity index (χ1v) is 7.25. The van der Waals surface area contributed by atoms with E-state index in [1.54, 1.807) is 12.1 Å². The summed E-state index contributed by atoms with van der Waals surface area (Å²) in [5, 5.41) is 3.36. The number of nitrogens with two attached hydrogens (primary N) is 2. The van der Waals surface area contributed by atoms with Crippen LogP contribution in [0.5, 0.6) is 0 Å². The van der Waals surface area contributed by atoms with Crippen LogP contribution in [0.3, 0.4) is 0 Å². The number of rotatable bonds is 5. The molecule has 1 aromatic rings. The molecule has 5 heteroatoms. The highest BCUT2D eigenvalue weighted by molar-refractivity contribution is 5.94. The maximum atomic E-state index is 11.1. The summed E-state index contributed by atoms with van der Waals surface area (Å²) in [7, 11) is 0. The zero-order valence-electron chi connectivity index (χ0n) is 12.1. The molecule has 0 bridgehead atoms. The molecule has 20 heavy (non-hydrogen) atoms. The normalized spacial score (nSPS) is 17.6. The number of carbonyl (C=O) groups is 1. The quantitative estimate of drug-likeness (QED) is 0.714. The summed E-state index contributed by atoms with van der Waals surface area (Å²) in [5.74, 6) is -0.454. The van der Waals surface area contributed by atoms with Gasteiger partial charge in [-0.3, -0.25) is 9.69 Å². The molecule has 1 atom stereocenters. The van der Waals surface area contributed by atoms with Crippen molar-refractivity contribution in [1.29, 1.82) is 0 Å². The van der Waals surface area contributed by atoms with Crippen molar-refractivity contribution in [2.75, 3.05) is 30.7 Å². The van der Waals surface area contributed by atoms with Gasteiger partial charge in [0.25, 0.3) is 0 Å². The van der Waals surface area contributed by atoms with Crippen LogP contribution in [0, 0.1) is 0 Å². The molecule has 0 aromatic heterocycles. The molecule has 1 heterocycles. The van der Waals surface area contributed by atoms with Gasteiger partial charge < -0.3 is 16.8 Å². The van der Waals surface area contributed by atoms with Crippen LogP contribution >= 0.6 is 0 Å². The summed E-state index contributed by atoms with van der Waals surface area (Å²) < 4.78 is 0. The first-order valence-electron chi connectivity index (χ1n) is 7.25. The van der Waals surface area contributed by atoms with Gasteiger partial charge in [-0.15, -0.1) is 0 Å². The summed E-state index contributed by atoms with van der Waals surface area (Å²) in [6.07, 6.45) is 3.93. The molecule has 0 saturated carbocycles. The molecule has 1 amide bonds. The first kappa shape index (κ1) is 14.7. The Balaban J connectivity index is 1.91. The number of anilines is 2. The summed E-state index contributed by atoms with van der Waals surface area (Å²) >= 11 is 0. The smallest absolute Gasteiger partial charge is 0.248 e. The second kappa shape index (κ2) is 6.61. The van der Waals surface area contributed by atoms with Crippen LogP contribution in [0.2, 0.25) is 0 Å². The average Bonchev–Trinajstić information content (AvgIpc) is 2.46. The lowest BCUT2D eigenvalue weighted by Crippen LogP contribution is -2.41. The van der Waals surface area contributed by atoms with Crippen molar-refractivity contribution in [3.05, 3.63) is 23.8 Å². The van der Waals surface area contributed by atoms with Gasteiger partial charge >= 0.3 is 0 Å². The van der Waals surface area contributed by atoms with Crippen LogP contribution in [-0.4, -0.2) is 36.5 Å². The van der Waals surface area contributed by atoms with Crippen LogP contribution in [0.4, 0.5) is 11.4 Å². The van der Waals surface area contributed by atoms with Crippen molar-refractivity contribution in [1.82, 2.24) is 4.90 Å². The molecule has 5 N–H and O–H groups in total. The highest BCUT2D eigenvalue weighted by Gasteiger charge is 2.16. The maximum Gasteiger partial charge on any atom is 0.248 e. The molecule has 1 saturated heterocycles. The molecule has 0 aliphatic carbocycles. The average molecular weight is 276 g/mol. The topological polar surface area (TPSA) is 84.4 Å². The van der Waals surface area contributed by atoms with Gasteiger partial charge in [-0.25, -0.2) is 0 Å². The van der Waals surface area contributed by atoms with Gasteiger partial charge in [-0.05, 0) is 51.1 Å². The number of piperidine rings is 1. The van der Waals surface area contributed by atoms with Gasteiger partial charge in [0.1, 0.15) is 0 Å². The monoisotopic (exact) mass is 276 g/mol. The summed E-state index contributed by atoms with van der Waals surface area (Å²) in [6.45, 7) is 5.43. The molecule has 1 unspecified atom stereocenters. The first-order chi connectivity index (χ1) is 9.58. The van der Waals surface area contributed by atoms with Crippen LogP contribution in [0.15, 0.2) is 18.2 Å². The third-order valence-corrected chi connectivity index (χ3v) is 3.94. The molecule has 1 aliphatic heterocycles. The number of carbonyl (C=O) groups excluding carboxylic acids is 1. The molecule has 0 spiro atoms. The second-order valence-electron chi connectivity index (χ2n) is 5.49. The Morgan fingerprint density at radius 1 is 1.35 bits per heavy atom. The standard InChI is InChI=1S/C15H24N4O/c1-11(19-7-3-2-4-8-19)10-18-14-6-5-12(15(17)20)9-13(14)16/h5-6,9,11,18H,2-4,7-8,10,16H2,1H3,(H2,17,20). The molecule has 5 nitrogen and oxygen atoms in total. The van der Waals surface area contributed by atoms with Crippen molar-refractivity contribution in [2.45, 2.75) is 32.2 Å². The Kier molecular flexibility index (Phi) is 4.84. The molecule has 110 valence electrons. The van der Waals surface area contributed by atoms with Gasteiger partial charge in [0.05, 0.1) is 11.4 Å². The third-order valence-electron chi connectivity index (χ3n) is 3.94. The molecule has 1 aromatic carbocycles. The predicted molar refractivity (Wildman–Crippen MR) is 82.7 cm³/mol. The molecular weight excluding hydrogens is 252 g/mol. The number of primary amides is 1. The van der Waals surface area contributed by atoms with Crippen LogP contribution < -0.4 is 16.8 Å². The van der Waals surface area contributed by atoms with E-state index in [-0.39, 0.29) is 0 Å². The van der Waals surface area contributed by atoms with Crippen molar-refractivity contribution < 1.29 is 4.79 Å². The van der Waals surface area contributed by atoms with E-state index in [1.807, 2.05) is 6.07 Å². The lowest BCUT2D eigenvalue weighted by molar-refractivity contribution is 0.100. The fraction of sp³-hybridized carbons (Fsp3) is 0.533. The van der Waals surface area contributed by atoms with Crippen LogP contribution in [0.1, 0.15) is 36.5 Å². The van der Waals surface area contributed by atoms with Gasteiger partial charge in [-0.1, -0.05) is 6.42 Å². The number of amides is 1. The predicted octanol–water partition coefficient (Wildman–Crippen LogP) is 1.65. The Hall–Kier alpha value is -1.75. The molecular formula is C15H24N4O. The number of nitrogens with zero attached hydrogens (tertiary/aromatic N) is 1. The van der Waals surface area contributed by atoms with Crippen molar-refractivity contribution in [3.63, 3.8) is 0 Å². The molecule has 1 aliphatic rings. The van der Waals surface area contributed by atoms with E-state index in [4.69, 9.17) is 11.5 Å². The van der Waals surface area contributed by atoms with Gasteiger partial charge in [0.15, 0.2) is 0 Å². The summed E-state index contributed by atoms with van der Waals surface area (Å²) in [6, 6.07) is 5.62. The Labute approximate surface area is 120 Å².